The zero-order chi connectivity index (χ0) is 25.3. The normalized spacial score (nSPS) is 19.5. The summed E-state index contributed by atoms with van der Waals surface area (Å²) in [5, 5.41) is 7.41. The molecule has 8 nitrogen and oxygen atoms in total. The summed E-state index contributed by atoms with van der Waals surface area (Å²) < 4.78 is 50.1. The first-order valence-corrected chi connectivity index (χ1v) is 14.0. The smallest absolute Gasteiger partial charge is 0.240 e. The second-order valence-electron chi connectivity index (χ2n) is 9.59. The van der Waals surface area contributed by atoms with Gasteiger partial charge in [0.05, 0.1) is 10.7 Å². The van der Waals surface area contributed by atoms with Crippen LogP contribution >= 0.6 is 11.3 Å². The lowest BCUT2D eigenvalue weighted by Crippen LogP contribution is -2.38. The van der Waals surface area contributed by atoms with Gasteiger partial charge in [-0.25, -0.2) is 27.9 Å². The first-order chi connectivity index (χ1) is 17.3. The van der Waals surface area contributed by atoms with E-state index in [4.69, 9.17) is 4.74 Å². The number of hydrogen-bond donors (Lipinski definition) is 3. The molecule has 3 aromatic rings. The van der Waals surface area contributed by atoms with Crippen molar-refractivity contribution >= 4 is 34.0 Å². The fraction of sp³-hybridized carbons (Fsp3) is 0.458. The standard InChI is InChI=1S/C24H28F2N6O2S2/c1-14-29-22(21(35-14)19-5-9-28-23(31-19)30-15-4-3-8-27-12-15)34-16-10-17(25)20(18(26)11-16)32-36(33)13-24(2)6-7-24/h5,9-11,15,27,32H,3-4,6-8,12-13H2,1-2H3,(H,28,30,31). The minimum Gasteiger partial charge on any atom is -0.437 e. The summed E-state index contributed by atoms with van der Waals surface area (Å²) >= 11 is 1.37. The number of nitrogens with one attached hydrogen (secondary N) is 3. The summed E-state index contributed by atoms with van der Waals surface area (Å²) in [5.74, 6) is -0.781. The molecule has 0 amide bonds. The molecular formula is C24H28F2N6O2S2. The van der Waals surface area contributed by atoms with Gasteiger partial charge in [0.1, 0.15) is 27.3 Å². The van der Waals surface area contributed by atoms with Crippen molar-refractivity contribution in [2.75, 3.05) is 28.9 Å². The number of anilines is 2. The molecule has 2 atom stereocenters. The van der Waals surface area contributed by atoms with Crippen molar-refractivity contribution in [2.45, 2.75) is 45.6 Å². The van der Waals surface area contributed by atoms with Gasteiger partial charge in [0.2, 0.25) is 11.8 Å². The Morgan fingerprint density at radius 3 is 2.75 bits per heavy atom. The number of benzene rings is 1. The molecular weight excluding hydrogens is 506 g/mol. The van der Waals surface area contributed by atoms with Gasteiger partial charge in [-0.15, -0.1) is 11.3 Å². The van der Waals surface area contributed by atoms with Crippen molar-refractivity contribution in [3.8, 4) is 22.2 Å². The van der Waals surface area contributed by atoms with E-state index in [1.165, 1.54) is 11.3 Å². The number of nitrogens with zero attached hydrogens (tertiary/aromatic N) is 3. The lowest BCUT2D eigenvalue weighted by atomic mass is 10.1. The minimum atomic E-state index is -1.58. The zero-order valence-electron chi connectivity index (χ0n) is 20.1. The number of aryl methyl sites for hydroxylation is 1. The number of piperidine rings is 1. The van der Waals surface area contributed by atoms with Gasteiger partial charge in [0.25, 0.3) is 0 Å². The van der Waals surface area contributed by atoms with Gasteiger partial charge in [-0.1, -0.05) is 6.92 Å². The number of thiazole rings is 1. The van der Waals surface area contributed by atoms with Gasteiger partial charge in [0, 0.05) is 36.7 Å². The molecule has 2 aliphatic rings. The molecule has 2 unspecified atom stereocenters. The monoisotopic (exact) mass is 534 g/mol. The average molecular weight is 535 g/mol. The average Bonchev–Trinajstić information content (AvgIpc) is 3.44. The third kappa shape index (κ3) is 5.98. The predicted octanol–water partition coefficient (Wildman–Crippen LogP) is 5.02. The van der Waals surface area contributed by atoms with Crippen LogP contribution in [0.25, 0.3) is 10.6 Å². The van der Waals surface area contributed by atoms with E-state index in [1.54, 1.807) is 12.3 Å². The molecule has 1 aliphatic heterocycles. The Labute approximate surface area is 214 Å². The van der Waals surface area contributed by atoms with Crippen molar-refractivity contribution in [1.82, 2.24) is 20.3 Å². The molecule has 1 aliphatic carbocycles. The second kappa shape index (κ2) is 10.3. The van der Waals surface area contributed by atoms with E-state index < -0.39 is 28.3 Å². The highest BCUT2D eigenvalue weighted by atomic mass is 32.2. The number of ether oxygens (including phenoxy) is 1. The molecule has 5 rings (SSSR count). The summed E-state index contributed by atoms with van der Waals surface area (Å²) in [5.41, 5.74) is 0.152. The number of halogens is 2. The molecule has 192 valence electrons. The Morgan fingerprint density at radius 2 is 2.06 bits per heavy atom. The maximum atomic E-state index is 14.8. The Bertz CT molecular complexity index is 1250. The molecule has 0 spiro atoms. The van der Waals surface area contributed by atoms with Crippen LogP contribution in [0.15, 0.2) is 24.4 Å². The van der Waals surface area contributed by atoms with Crippen LogP contribution in [0.4, 0.5) is 20.4 Å². The molecule has 36 heavy (non-hydrogen) atoms. The third-order valence-electron chi connectivity index (χ3n) is 6.25. The first kappa shape index (κ1) is 25.0. The van der Waals surface area contributed by atoms with Gasteiger partial charge in [0.15, 0.2) is 11.6 Å². The number of hydrogen-bond acceptors (Lipinski definition) is 8. The maximum absolute atomic E-state index is 14.8. The summed E-state index contributed by atoms with van der Waals surface area (Å²) in [6.07, 6.45) is 5.70. The molecule has 0 radical (unpaired) electrons. The predicted molar refractivity (Wildman–Crippen MR) is 138 cm³/mol. The summed E-state index contributed by atoms with van der Waals surface area (Å²) in [6, 6.07) is 4.10. The van der Waals surface area contributed by atoms with Crippen molar-refractivity contribution in [2.24, 2.45) is 5.41 Å². The van der Waals surface area contributed by atoms with Gasteiger partial charge in [-0.05, 0) is 50.6 Å². The van der Waals surface area contributed by atoms with E-state index in [-0.39, 0.29) is 23.1 Å². The van der Waals surface area contributed by atoms with Gasteiger partial charge >= 0.3 is 0 Å². The van der Waals surface area contributed by atoms with Crippen molar-refractivity contribution in [3.63, 3.8) is 0 Å². The summed E-state index contributed by atoms with van der Waals surface area (Å²) in [4.78, 5) is 14.0. The fourth-order valence-corrected chi connectivity index (χ4v) is 6.23. The first-order valence-electron chi connectivity index (χ1n) is 11.9. The third-order valence-corrected chi connectivity index (χ3v) is 8.62. The van der Waals surface area contributed by atoms with E-state index in [1.807, 2.05) is 13.8 Å². The van der Waals surface area contributed by atoms with E-state index >= 15 is 0 Å². The van der Waals surface area contributed by atoms with Crippen LogP contribution in [0.5, 0.6) is 11.6 Å². The molecule has 3 N–H and O–H groups in total. The summed E-state index contributed by atoms with van der Waals surface area (Å²) in [7, 11) is -1.58. The molecule has 2 aromatic heterocycles. The summed E-state index contributed by atoms with van der Waals surface area (Å²) in [6.45, 7) is 5.68. The van der Waals surface area contributed by atoms with Gasteiger partial charge in [-0.3, -0.25) is 4.72 Å². The van der Waals surface area contributed by atoms with Crippen LogP contribution in [-0.2, 0) is 11.0 Å². The van der Waals surface area contributed by atoms with E-state index in [9.17, 15) is 13.0 Å². The van der Waals surface area contributed by atoms with E-state index in [2.05, 4.69) is 30.3 Å². The Kier molecular flexibility index (Phi) is 7.18. The van der Waals surface area contributed by atoms with Crippen LogP contribution in [0.1, 0.15) is 37.6 Å². The maximum Gasteiger partial charge on any atom is 0.240 e. The minimum absolute atomic E-state index is 0.0174. The molecule has 0 bridgehead atoms. The highest BCUT2D eigenvalue weighted by Crippen LogP contribution is 2.45. The quantitative estimate of drug-likeness (QED) is 0.354. The Balaban J connectivity index is 1.33. The van der Waals surface area contributed by atoms with Crippen molar-refractivity contribution in [3.05, 3.63) is 41.0 Å². The van der Waals surface area contributed by atoms with E-state index in [0.717, 1.165) is 50.9 Å². The van der Waals surface area contributed by atoms with Crippen molar-refractivity contribution < 1.29 is 17.7 Å². The molecule has 1 saturated heterocycles. The van der Waals surface area contributed by atoms with Crippen LogP contribution in [0.2, 0.25) is 0 Å². The number of rotatable bonds is 9. The fourth-order valence-electron chi connectivity index (χ4n) is 3.99. The van der Waals surface area contributed by atoms with Crippen LogP contribution in [0.3, 0.4) is 0 Å². The second-order valence-corrected chi connectivity index (χ2v) is 12.0. The molecule has 3 heterocycles. The number of aromatic nitrogens is 3. The van der Waals surface area contributed by atoms with E-state index in [0.29, 0.717) is 27.3 Å². The largest absolute Gasteiger partial charge is 0.437 e. The SMILES string of the molecule is Cc1nc(Oc2cc(F)c(NS(=O)CC3(C)CC3)c(F)c2)c(-c2ccnc(NC3CCCNC3)n2)s1. The highest BCUT2D eigenvalue weighted by molar-refractivity contribution is 7.86. The lowest BCUT2D eigenvalue weighted by molar-refractivity contribution is 0.456. The molecule has 2 fully saturated rings. The molecule has 1 saturated carbocycles. The lowest BCUT2D eigenvalue weighted by Gasteiger charge is -2.23. The van der Waals surface area contributed by atoms with Gasteiger partial charge < -0.3 is 15.4 Å². The Hall–Kier alpha value is -2.70. The van der Waals surface area contributed by atoms with Crippen LogP contribution in [0, 0.1) is 24.0 Å². The van der Waals surface area contributed by atoms with Crippen molar-refractivity contribution in [1.29, 1.82) is 0 Å². The van der Waals surface area contributed by atoms with Crippen LogP contribution in [-0.4, -0.2) is 44.0 Å². The molecule has 12 heteroatoms. The van der Waals surface area contributed by atoms with Gasteiger partial charge in [-0.2, -0.15) is 0 Å². The Morgan fingerprint density at radius 1 is 1.28 bits per heavy atom. The zero-order valence-corrected chi connectivity index (χ0v) is 21.7. The highest BCUT2D eigenvalue weighted by Gasteiger charge is 2.39. The topological polar surface area (TPSA) is 101 Å². The molecule has 1 aromatic carbocycles. The van der Waals surface area contributed by atoms with Crippen LogP contribution < -0.4 is 20.1 Å².